The highest BCUT2D eigenvalue weighted by Crippen LogP contribution is 2.02. The summed E-state index contributed by atoms with van der Waals surface area (Å²) < 4.78 is 4.90. The molecule has 0 aliphatic rings. The van der Waals surface area contributed by atoms with E-state index in [9.17, 15) is 9.59 Å². The molecule has 0 radical (unpaired) electrons. The lowest BCUT2D eigenvalue weighted by molar-refractivity contribution is -0.138. The van der Waals surface area contributed by atoms with Gasteiger partial charge in [0.05, 0.1) is 12.2 Å². The molecule has 0 aliphatic heterocycles. The highest BCUT2D eigenvalue weighted by Gasteiger charge is 2.05. The first-order valence-electron chi connectivity index (χ1n) is 7.95. The zero-order chi connectivity index (χ0) is 18.2. The summed E-state index contributed by atoms with van der Waals surface area (Å²) in [7, 11) is 0. The van der Waals surface area contributed by atoms with Crippen molar-refractivity contribution in [1.82, 2.24) is 0 Å². The quantitative estimate of drug-likeness (QED) is 0.310. The number of benzene rings is 1. The number of hydrogen-bond acceptors (Lipinski definition) is 3. The average molecular weight is 330 g/mol. The molecule has 4 nitrogen and oxygen atoms in total. The van der Waals surface area contributed by atoms with Crippen LogP contribution in [-0.4, -0.2) is 23.7 Å². The van der Waals surface area contributed by atoms with Gasteiger partial charge in [0, 0.05) is 6.08 Å². The molecule has 0 saturated heterocycles. The molecule has 0 atom stereocenters. The van der Waals surface area contributed by atoms with Crippen LogP contribution in [0.2, 0.25) is 0 Å². The van der Waals surface area contributed by atoms with Crippen molar-refractivity contribution in [3.05, 3.63) is 66.8 Å². The normalized spacial score (nSPS) is 9.71. The smallest absolute Gasteiger partial charge is 0.337 e. The monoisotopic (exact) mass is 330 g/mol. The number of aliphatic carboxylic acids is 1. The number of carbonyl (C=O) groups is 2. The summed E-state index contributed by atoms with van der Waals surface area (Å²) in [5, 5.41) is 8.34. The minimum Gasteiger partial charge on any atom is -0.478 e. The van der Waals surface area contributed by atoms with Gasteiger partial charge in [-0.05, 0) is 18.1 Å². The van der Waals surface area contributed by atoms with Gasteiger partial charge < -0.3 is 9.84 Å². The van der Waals surface area contributed by atoms with Crippen molar-refractivity contribution < 1.29 is 19.4 Å². The molecule has 0 aliphatic carbocycles. The molecule has 1 aromatic carbocycles. The molecule has 0 amide bonds. The van der Waals surface area contributed by atoms with E-state index in [1.165, 1.54) is 5.56 Å². The van der Waals surface area contributed by atoms with Crippen molar-refractivity contribution in [2.24, 2.45) is 0 Å². The Bertz CT molecular complexity index is 544. The lowest BCUT2D eigenvalue weighted by Crippen LogP contribution is -2.07. The predicted molar refractivity (Wildman–Crippen MR) is 97.5 cm³/mol. The van der Waals surface area contributed by atoms with Gasteiger partial charge in [-0.1, -0.05) is 75.8 Å². The maximum atomic E-state index is 11.2. The fourth-order valence-corrected chi connectivity index (χ4v) is 1.62. The molecule has 1 N–H and O–H groups in total. The second-order valence-electron chi connectivity index (χ2n) is 5.01. The third-order valence-electron chi connectivity index (χ3n) is 2.96. The molecule has 4 heteroatoms. The molecular formula is C20H26O4. The van der Waals surface area contributed by atoms with Crippen LogP contribution in [0.15, 0.2) is 61.2 Å². The van der Waals surface area contributed by atoms with E-state index in [1.54, 1.807) is 0 Å². The first-order chi connectivity index (χ1) is 11.5. The molecule has 0 saturated carbocycles. The van der Waals surface area contributed by atoms with Crippen molar-refractivity contribution >= 4 is 18.0 Å². The van der Waals surface area contributed by atoms with Crippen LogP contribution < -0.4 is 0 Å². The van der Waals surface area contributed by atoms with E-state index in [-0.39, 0.29) is 5.57 Å². The van der Waals surface area contributed by atoms with E-state index in [1.807, 2.05) is 36.4 Å². The second kappa shape index (κ2) is 14.0. The van der Waals surface area contributed by atoms with Crippen LogP contribution in [0.4, 0.5) is 0 Å². The van der Waals surface area contributed by atoms with Crippen LogP contribution in [0.1, 0.15) is 38.2 Å². The van der Waals surface area contributed by atoms with Gasteiger partial charge in [0.25, 0.3) is 0 Å². The summed E-state index contributed by atoms with van der Waals surface area (Å²) in [6.45, 7) is 9.51. The molecule has 130 valence electrons. The van der Waals surface area contributed by atoms with E-state index in [4.69, 9.17) is 9.84 Å². The van der Waals surface area contributed by atoms with Crippen molar-refractivity contribution in [3.8, 4) is 0 Å². The van der Waals surface area contributed by atoms with Gasteiger partial charge in [0.2, 0.25) is 0 Å². The molecule has 0 spiro atoms. The fourth-order valence-electron chi connectivity index (χ4n) is 1.62. The summed E-state index contributed by atoms with van der Waals surface area (Å²) in [6, 6.07) is 10.0. The van der Waals surface area contributed by atoms with Crippen LogP contribution in [0.25, 0.3) is 6.08 Å². The molecular weight excluding hydrogens is 304 g/mol. The number of hydrogen-bond donors (Lipinski definition) is 1. The van der Waals surface area contributed by atoms with E-state index >= 15 is 0 Å². The van der Waals surface area contributed by atoms with Crippen LogP contribution in [0, 0.1) is 0 Å². The minimum absolute atomic E-state index is 0.0536. The summed E-state index contributed by atoms with van der Waals surface area (Å²) in [4.78, 5) is 21.4. The summed E-state index contributed by atoms with van der Waals surface area (Å²) in [5.41, 5.74) is 1.23. The van der Waals surface area contributed by atoms with Gasteiger partial charge in [-0.2, -0.15) is 0 Å². The van der Waals surface area contributed by atoms with Gasteiger partial charge >= 0.3 is 11.9 Å². The number of carboxylic acid groups (broad SMARTS) is 1. The third kappa shape index (κ3) is 12.0. The Morgan fingerprint density at radius 3 is 2.29 bits per heavy atom. The Balaban J connectivity index is 0.000000546. The predicted octanol–water partition coefficient (Wildman–Crippen LogP) is 4.64. The number of ether oxygens (including phenoxy) is 1. The maximum absolute atomic E-state index is 11.2. The Hall–Kier alpha value is -2.62. The SMILES string of the molecule is C=C(C=CC(=O)O)C(=O)OCCCCCC.C=Cc1ccccc1. The third-order valence-corrected chi connectivity index (χ3v) is 2.96. The standard InChI is InChI=1S/C12H18O4.C8H8/c1-3-4-5-6-9-16-12(15)10(2)7-8-11(13)14;1-2-8-6-4-3-5-7-8/h7-8H,2-6,9H2,1H3,(H,13,14);2-7H,1H2. The summed E-state index contributed by atoms with van der Waals surface area (Å²) in [5.74, 6) is -1.68. The zero-order valence-corrected chi connectivity index (χ0v) is 14.2. The highest BCUT2D eigenvalue weighted by molar-refractivity contribution is 5.93. The van der Waals surface area contributed by atoms with Crippen molar-refractivity contribution in [3.63, 3.8) is 0 Å². The van der Waals surface area contributed by atoms with Gasteiger partial charge in [0.15, 0.2) is 0 Å². The van der Waals surface area contributed by atoms with Crippen molar-refractivity contribution in [1.29, 1.82) is 0 Å². The molecule has 1 aromatic rings. The Morgan fingerprint density at radius 2 is 1.79 bits per heavy atom. The van der Waals surface area contributed by atoms with Crippen molar-refractivity contribution in [2.45, 2.75) is 32.6 Å². The van der Waals surface area contributed by atoms with Crippen LogP contribution in [-0.2, 0) is 14.3 Å². The molecule has 0 heterocycles. The van der Waals surface area contributed by atoms with Crippen LogP contribution in [0.3, 0.4) is 0 Å². The Kier molecular flexibility index (Phi) is 12.5. The van der Waals surface area contributed by atoms with Gasteiger partial charge in [-0.25, -0.2) is 9.59 Å². The maximum Gasteiger partial charge on any atom is 0.337 e. The lowest BCUT2D eigenvalue weighted by Gasteiger charge is -2.03. The Labute approximate surface area is 144 Å². The molecule has 0 unspecified atom stereocenters. The highest BCUT2D eigenvalue weighted by atomic mass is 16.5. The van der Waals surface area contributed by atoms with Crippen LogP contribution in [0.5, 0.6) is 0 Å². The average Bonchev–Trinajstić information content (AvgIpc) is 2.60. The van der Waals surface area contributed by atoms with E-state index < -0.39 is 11.9 Å². The molecule has 24 heavy (non-hydrogen) atoms. The number of esters is 1. The Morgan fingerprint density at radius 1 is 1.12 bits per heavy atom. The van der Waals surface area contributed by atoms with Crippen molar-refractivity contribution in [2.75, 3.05) is 6.61 Å². The lowest BCUT2D eigenvalue weighted by atomic mass is 10.2. The van der Waals surface area contributed by atoms with Crippen LogP contribution >= 0.6 is 0 Å². The first-order valence-corrected chi connectivity index (χ1v) is 7.95. The zero-order valence-electron chi connectivity index (χ0n) is 14.2. The topological polar surface area (TPSA) is 63.6 Å². The molecule has 0 aromatic heterocycles. The number of unbranched alkanes of at least 4 members (excludes halogenated alkanes) is 3. The number of carbonyl (C=O) groups excluding carboxylic acids is 1. The van der Waals surface area contributed by atoms with E-state index in [0.29, 0.717) is 6.61 Å². The molecule has 1 rings (SSSR count). The van der Waals surface area contributed by atoms with Gasteiger partial charge in [-0.15, -0.1) is 0 Å². The van der Waals surface area contributed by atoms with Gasteiger partial charge in [0.1, 0.15) is 0 Å². The molecule has 0 bridgehead atoms. The number of carboxylic acids is 1. The number of rotatable bonds is 9. The fraction of sp³-hybridized carbons (Fsp3) is 0.300. The summed E-state index contributed by atoms with van der Waals surface area (Å²) >= 11 is 0. The van der Waals surface area contributed by atoms with E-state index in [0.717, 1.165) is 37.8 Å². The second-order valence-corrected chi connectivity index (χ2v) is 5.01. The summed E-state index contributed by atoms with van der Waals surface area (Å²) in [6.07, 6.45) is 7.94. The largest absolute Gasteiger partial charge is 0.478 e. The molecule has 0 fully saturated rings. The first kappa shape index (κ1) is 21.4. The van der Waals surface area contributed by atoms with E-state index in [2.05, 4.69) is 20.1 Å². The minimum atomic E-state index is -1.11. The van der Waals surface area contributed by atoms with Gasteiger partial charge in [-0.3, -0.25) is 0 Å².